The van der Waals surface area contributed by atoms with E-state index in [-0.39, 0.29) is 0 Å². The molecule has 0 unspecified atom stereocenters. The smallest absolute Gasteiger partial charge is 0.0636 e. The van der Waals surface area contributed by atoms with Crippen LogP contribution in [0.4, 0.5) is 0 Å². The molecule has 0 atom stereocenters. The largest absolute Gasteiger partial charge is 0.313 e. The fraction of sp³-hybridized carbons (Fsp3) is 1.00. The Kier molecular flexibility index (Phi) is 12.9. The van der Waals surface area contributed by atoms with Gasteiger partial charge in [-0.3, -0.25) is 0 Å². The molecule has 0 aliphatic heterocycles. The monoisotopic (exact) mass is 270 g/mol. The van der Waals surface area contributed by atoms with Gasteiger partial charge in [-0.2, -0.15) is 0 Å². The van der Waals surface area contributed by atoms with Crippen LogP contribution in [-0.2, 0) is 0 Å². The third-order valence-corrected chi connectivity index (χ3v) is 3.99. The number of unbranched alkanes of at least 4 members (excludes halogenated alkanes) is 10. The fourth-order valence-electron chi connectivity index (χ4n) is 2.59. The highest BCUT2D eigenvalue weighted by Crippen LogP contribution is 2.17. The first-order chi connectivity index (χ1) is 9.12. The molecule has 0 aliphatic carbocycles. The first kappa shape index (κ1) is 18.9. The first-order valence-corrected chi connectivity index (χ1v) is 8.70. The van der Waals surface area contributed by atoms with E-state index in [1.165, 1.54) is 77.0 Å². The summed E-state index contributed by atoms with van der Waals surface area (Å²) < 4.78 is 0. The van der Waals surface area contributed by atoms with Crippen LogP contribution < -0.4 is 11.5 Å². The van der Waals surface area contributed by atoms with E-state index >= 15 is 0 Å². The maximum absolute atomic E-state index is 6.18. The molecule has 0 aromatic rings. The van der Waals surface area contributed by atoms with Crippen molar-refractivity contribution < 1.29 is 0 Å². The molecule has 19 heavy (non-hydrogen) atoms. The van der Waals surface area contributed by atoms with E-state index in [2.05, 4.69) is 13.8 Å². The van der Waals surface area contributed by atoms with Gasteiger partial charge in [-0.15, -0.1) is 0 Å². The van der Waals surface area contributed by atoms with Gasteiger partial charge in [-0.25, -0.2) is 0 Å². The summed E-state index contributed by atoms with van der Waals surface area (Å²) in [6, 6.07) is 0. The molecule has 0 rings (SSSR count). The lowest BCUT2D eigenvalue weighted by Gasteiger charge is -2.24. The Labute approximate surface area is 121 Å². The van der Waals surface area contributed by atoms with E-state index in [0.717, 1.165) is 12.8 Å². The highest BCUT2D eigenvalue weighted by Gasteiger charge is 2.17. The van der Waals surface area contributed by atoms with Gasteiger partial charge in [0.15, 0.2) is 0 Å². The Morgan fingerprint density at radius 2 is 0.842 bits per heavy atom. The van der Waals surface area contributed by atoms with Crippen molar-refractivity contribution in [1.82, 2.24) is 0 Å². The van der Waals surface area contributed by atoms with E-state index < -0.39 is 5.66 Å². The lowest BCUT2D eigenvalue weighted by Crippen LogP contribution is -2.49. The van der Waals surface area contributed by atoms with Gasteiger partial charge >= 0.3 is 0 Å². The van der Waals surface area contributed by atoms with Crippen LogP contribution in [0.15, 0.2) is 0 Å². The van der Waals surface area contributed by atoms with E-state index in [1.54, 1.807) is 0 Å². The summed E-state index contributed by atoms with van der Waals surface area (Å²) in [5.41, 5.74) is 11.9. The Morgan fingerprint density at radius 1 is 0.526 bits per heavy atom. The van der Waals surface area contributed by atoms with Crippen molar-refractivity contribution in [1.29, 1.82) is 0 Å². The molecule has 0 saturated heterocycles. The molecule has 0 spiro atoms. The minimum Gasteiger partial charge on any atom is -0.313 e. The maximum atomic E-state index is 6.18. The fourth-order valence-corrected chi connectivity index (χ4v) is 2.59. The van der Waals surface area contributed by atoms with Gasteiger partial charge in [0.2, 0.25) is 0 Å². The average molecular weight is 271 g/mol. The summed E-state index contributed by atoms with van der Waals surface area (Å²) >= 11 is 0. The lowest BCUT2D eigenvalue weighted by atomic mass is 9.96. The van der Waals surface area contributed by atoms with Crippen LogP contribution in [0.3, 0.4) is 0 Å². The number of hydrogen-bond acceptors (Lipinski definition) is 2. The SMILES string of the molecule is CCCCCCCCC(N)(N)CCCCCCCC. The molecule has 0 bridgehead atoms. The van der Waals surface area contributed by atoms with Gasteiger partial charge in [0.1, 0.15) is 0 Å². The van der Waals surface area contributed by atoms with Crippen molar-refractivity contribution >= 4 is 0 Å². The molecule has 4 N–H and O–H groups in total. The normalized spacial score (nSPS) is 12.0. The zero-order chi connectivity index (χ0) is 14.4. The molecule has 0 saturated carbocycles. The molecular formula is C17H38N2. The molecule has 2 heteroatoms. The molecule has 0 fully saturated rings. The second-order valence-corrected chi connectivity index (χ2v) is 6.27. The molecule has 0 aliphatic rings. The van der Waals surface area contributed by atoms with Gasteiger partial charge in [0.05, 0.1) is 5.66 Å². The van der Waals surface area contributed by atoms with Crippen molar-refractivity contribution in [3.8, 4) is 0 Å². The van der Waals surface area contributed by atoms with Crippen LogP contribution >= 0.6 is 0 Å². The average Bonchev–Trinajstić information content (AvgIpc) is 2.38. The minimum atomic E-state index is -0.407. The second-order valence-electron chi connectivity index (χ2n) is 6.27. The van der Waals surface area contributed by atoms with Crippen molar-refractivity contribution in [2.24, 2.45) is 11.5 Å². The van der Waals surface area contributed by atoms with Crippen LogP contribution in [0.25, 0.3) is 0 Å². The van der Waals surface area contributed by atoms with E-state index in [9.17, 15) is 0 Å². The van der Waals surface area contributed by atoms with Gasteiger partial charge < -0.3 is 11.5 Å². The summed E-state index contributed by atoms with van der Waals surface area (Å²) in [4.78, 5) is 0. The Morgan fingerprint density at radius 3 is 1.21 bits per heavy atom. The molecule has 0 heterocycles. The minimum absolute atomic E-state index is 0.407. The first-order valence-electron chi connectivity index (χ1n) is 8.70. The topological polar surface area (TPSA) is 52.0 Å². The zero-order valence-electron chi connectivity index (χ0n) is 13.6. The Bertz CT molecular complexity index is 160. The molecule has 0 amide bonds. The van der Waals surface area contributed by atoms with Crippen LogP contribution in [0.5, 0.6) is 0 Å². The Hall–Kier alpha value is -0.0800. The van der Waals surface area contributed by atoms with E-state index in [0.29, 0.717) is 0 Å². The molecule has 0 aromatic heterocycles. The van der Waals surface area contributed by atoms with Crippen LogP contribution in [-0.4, -0.2) is 5.66 Å². The predicted octanol–water partition coefficient (Wildman–Crippen LogP) is 5.10. The summed E-state index contributed by atoms with van der Waals surface area (Å²) in [5, 5.41) is 0. The van der Waals surface area contributed by atoms with Gasteiger partial charge in [-0.05, 0) is 12.8 Å². The van der Waals surface area contributed by atoms with E-state index in [1.807, 2.05) is 0 Å². The maximum Gasteiger partial charge on any atom is 0.0636 e. The van der Waals surface area contributed by atoms with Crippen LogP contribution in [0.1, 0.15) is 104 Å². The summed E-state index contributed by atoms with van der Waals surface area (Å²) in [7, 11) is 0. The standard InChI is InChI=1S/C17H38N2/c1-3-5-7-9-11-13-15-17(18,19)16-14-12-10-8-6-4-2/h3-16,18-19H2,1-2H3. The summed E-state index contributed by atoms with van der Waals surface area (Å²) in [6.45, 7) is 4.51. The van der Waals surface area contributed by atoms with E-state index in [4.69, 9.17) is 11.5 Å². The van der Waals surface area contributed by atoms with Crippen molar-refractivity contribution in [3.05, 3.63) is 0 Å². The lowest BCUT2D eigenvalue weighted by molar-refractivity contribution is 0.345. The molecule has 116 valence electrons. The summed E-state index contributed by atoms with van der Waals surface area (Å²) in [5.74, 6) is 0. The third-order valence-electron chi connectivity index (χ3n) is 3.99. The quantitative estimate of drug-likeness (QED) is 0.341. The Balaban J connectivity index is 3.36. The highest BCUT2D eigenvalue weighted by atomic mass is 14.9. The van der Waals surface area contributed by atoms with Gasteiger partial charge in [0.25, 0.3) is 0 Å². The third kappa shape index (κ3) is 14.1. The molecular weight excluding hydrogens is 232 g/mol. The van der Waals surface area contributed by atoms with Crippen molar-refractivity contribution in [2.75, 3.05) is 0 Å². The van der Waals surface area contributed by atoms with Crippen LogP contribution in [0, 0.1) is 0 Å². The number of rotatable bonds is 14. The number of hydrogen-bond donors (Lipinski definition) is 2. The van der Waals surface area contributed by atoms with Crippen LogP contribution in [0.2, 0.25) is 0 Å². The molecule has 0 radical (unpaired) electrons. The summed E-state index contributed by atoms with van der Waals surface area (Å²) in [6.07, 6.45) is 17.8. The molecule has 0 aromatic carbocycles. The van der Waals surface area contributed by atoms with Gasteiger partial charge in [-0.1, -0.05) is 90.9 Å². The highest BCUT2D eigenvalue weighted by molar-refractivity contribution is 4.76. The van der Waals surface area contributed by atoms with Gasteiger partial charge in [0, 0.05) is 0 Å². The number of nitrogens with two attached hydrogens (primary N) is 2. The predicted molar refractivity (Wildman–Crippen MR) is 87.1 cm³/mol. The second kappa shape index (κ2) is 12.9. The molecule has 2 nitrogen and oxygen atoms in total. The zero-order valence-corrected chi connectivity index (χ0v) is 13.6. The van der Waals surface area contributed by atoms with Crippen molar-refractivity contribution in [2.45, 2.75) is 109 Å². The van der Waals surface area contributed by atoms with Crippen molar-refractivity contribution in [3.63, 3.8) is 0 Å².